The van der Waals surface area contributed by atoms with Crippen molar-refractivity contribution in [2.45, 2.75) is 19.8 Å². The van der Waals surface area contributed by atoms with Crippen molar-refractivity contribution in [3.63, 3.8) is 0 Å². The van der Waals surface area contributed by atoms with E-state index in [1.54, 1.807) is 19.2 Å². The van der Waals surface area contributed by atoms with Gasteiger partial charge in [0.05, 0.1) is 5.02 Å². The number of hydrogen-bond acceptors (Lipinski definition) is 7. The maximum atomic E-state index is 12.9. The molecule has 1 N–H and O–H groups in total. The Bertz CT molecular complexity index is 1130. The van der Waals surface area contributed by atoms with Gasteiger partial charge in [0.15, 0.2) is 11.5 Å². The number of anilines is 1. The number of aryl methyl sites for hydroxylation is 1. The molecule has 4 rings (SSSR count). The number of carbonyl (C=O) groups excluding carboxylic acids is 1. The van der Waals surface area contributed by atoms with E-state index in [0.29, 0.717) is 51.6 Å². The standard InChI is InChI=1S/C22H21ClN6O2/c1-14-19(20(28-31-14)16-4-2-3-5-17(16)23)22(30)27-13-15-6-10-29(11-7-15)21-18(12-24)25-8-9-26-21/h2-5,8-9,15H,6-7,10-11,13H2,1H3,(H,27,30). The van der Waals surface area contributed by atoms with E-state index >= 15 is 0 Å². The number of nitrogens with one attached hydrogen (secondary N) is 1. The Morgan fingerprint density at radius 3 is 2.77 bits per heavy atom. The minimum Gasteiger partial charge on any atom is -0.360 e. The minimum absolute atomic E-state index is 0.225. The molecule has 0 bridgehead atoms. The number of carbonyl (C=O) groups is 1. The van der Waals surface area contributed by atoms with E-state index in [9.17, 15) is 10.1 Å². The highest BCUT2D eigenvalue weighted by Gasteiger charge is 2.26. The van der Waals surface area contributed by atoms with Crippen LogP contribution in [0.4, 0.5) is 5.82 Å². The fourth-order valence-electron chi connectivity index (χ4n) is 3.79. The molecule has 2 aromatic heterocycles. The third-order valence-corrected chi connectivity index (χ3v) is 5.80. The maximum Gasteiger partial charge on any atom is 0.257 e. The molecule has 9 heteroatoms. The van der Waals surface area contributed by atoms with E-state index in [1.165, 1.54) is 6.20 Å². The molecule has 0 aliphatic carbocycles. The topological polar surface area (TPSA) is 108 Å². The summed E-state index contributed by atoms with van der Waals surface area (Å²) < 4.78 is 5.29. The summed E-state index contributed by atoms with van der Waals surface area (Å²) in [4.78, 5) is 23.4. The van der Waals surface area contributed by atoms with E-state index in [0.717, 1.165) is 25.9 Å². The van der Waals surface area contributed by atoms with Gasteiger partial charge < -0.3 is 14.7 Å². The molecule has 1 aliphatic rings. The first-order chi connectivity index (χ1) is 15.1. The van der Waals surface area contributed by atoms with Crippen LogP contribution in [0.25, 0.3) is 11.3 Å². The second-order valence-electron chi connectivity index (χ2n) is 7.42. The number of benzene rings is 1. The average molecular weight is 437 g/mol. The summed E-state index contributed by atoms with van der Waals surface area (Å²) in [5.74, 6) is 1.18. The third-order valence-electron chi connectivity index (χ3n) is 5.47. The monoisotopic (exact) mass is 436 g/mol. The molecule has 8 nitrogen and oxygen atoms in total. The number of amides is 1. The lowest BCUT2D eigenvalue weighted by Crippen LogP contribution is -2.39. The second-order valence-corrected chi connectivity index (χ2v) is 7.83. The largest absolute Gasteiger partial charge is 0.360 e. The summed E-state index contributed by atoms with van der Waals surface area (Å²) in [6.45, 7) is 3.77. The number of nitriles is 1. The Labute approximate surface area is 184 Å². The van der Waals surface area contributed by atoms with Gasteiger partial charge in [0.25, 0.3) is 5.91 Å². The predicted molar refractivity (Wildman–Crippen MR) is 116 cm³/mol. The normalized spacial score (nSPS) is 14.3. The van der Waals surface area contributed by atoms with Crippen LogP contribution in [-0.4, -0.2) is 40.7 Å². The molecule has 0 spiro atoms. The van der Waals surface area contributed by atoms with Crippen LogP contribution in [0.5, 0.6) is 0 Å². The number of nitrogens with zero attached hydrogens (tertiary/aromatic N) is 5. The molecular weight excluding hydrogens is 416 g/mol. The molecule has 1 saturated heterocycles. The van der Waals surface area contributed by atoms with Crippen molar-refractivity contribution in [1.29, 1.82) is 5.26 Å². The molecule has 3 aromatic rings. The summed E-state index contributed by atoms with van der Waals surface area (Å²) in [6, 6.07) is 9.33. The molecule has 1 aromatic carbocycles. The Hall–Kier alpha value is -3.44. The average Bonchev–Trinajstić information content (AvgIpc) is 3.19. The summed E-state index contributed by atoms with van der Waals surface area (Å²) in [5, 5.41) is 16.8. The Morgan fingerprint density at radius 2 is 2.03 bits per heavy atom. The Morgan fingerprint density at radius 1 is 1.29 bits per heavy atom. The van der Waals surface area contributed by atoms with Crippen molar-refractivity contribution in [3.05, 3.63) is 58.7 Å². The first-order valence-electron chi connectivity index (χ1n) is 10.0. The van der Waals surface area contributed by atoms with Gasteiger partial charge in [0.2, 0.25) is 0 Å². The van der Waals surface area contributed by atoms with E-state index in [-0.39, 0.29) is 5.91 Å². The highest BCUT2D eigenvalue weighted by atomic mass is 35.5. The molecule has 31 heavy (non-hydrogen) atoms. The number of halogens is 1. The summed E-state index contributed by atoms with van der Waals surface area (Å²) in [6.07, 6.45) is 4.87. The van der Waals surface area contributed by atoms with E-state index in [4.69, 9.17) is 16.1 Å². The van der Waals surface area contributed by atoms with Gasteiger partial charge in [-0.05, 0) is 31.7 Å². The molecule has 0 atom stereocenters. The van der Waals surface area contributed by atoms with Crippen LogP contribution in [0.3, 0.4) is 0 Å². The van der Waals surface area contributed by atoms with Crippen LogP contribution in [0.15, 0.2) is 41.2 Å². The van der Waals surface area contributed by atoms with Gasteiger partial charge in [-0.3, -0.25) is 4.79 Å². The van der Waals surface area contributed by atoms with Gasteiger partial charge in [-0.2, -0.15) is 5.26 Å². The lowest BCUT2D eigenvalue weighted by Gasteiger charge is -2.32. The Kier molecular flexibility index (Phi) is 6.14. The van der Waals surface area contributed by atoms with Gasteiger partial charge in [0.1, 0.15) is 23.1 Å². The maximum absolute atomic E-state index is 12.9. The molecule has 0 unspecified atom stereocenters. The first kappa shape index (κ1) is 20.8. The molecule has 1 fully saturated rings. The highest BCUT2D eigenvalue weighted by Crippen LogP contribution is 2.31. The summed E-state index contributed by atoms with van der Waals surface area (Å²) in [5.41, 5.74) is 1.85. The smallest absolute Gasteiger partial charge is 0.257 e. The SMILES string of the molecule is Cc1onc(-c2ccccc2Cl)c1C(=O)NCC1CCN(c2nccnc2C#N)CC1. The third kappa shape index (κ3) is 4.37. The van der Waals surface area contributed by atoms with Crippen molar-refractivity contribution in [2.75, 3.05) is 24.5 Å². The minimum atomic E-state index is -0.225. The van der Waals surface area contributed by atoms with Gasteiger partial charge in [-0.1, -0.05) is 35.0 Å². The van der Waals surface area contributed by atoms with E-state index < -0.39 is 0 Å². The summed E-state index contributed by atoms with van der Waals surface area (Å²) in [7, 11) is 0. The molecular formula is C22H21ClN6O2. The number of piperidine rings is 1. The second kappa shape index (κ2) is 9.14. The van der Waals surface area contributed by atoms with Crippen molar-refractivity contribution in [3.8, 4) is 17.3 Å². The molecule has 1 amide bonds. The van der Waals surface area contributed by atoms with Crippen LogP contribution in [-0.2, 0) is 0 Å². The van der Waals surface area contributed by atoms with Crippen LogP contribution in [0, 0.1) is 24.2 Å². The summed E-state index contributed by atoms with van der Waals surface area (Å²) >= 11 is 6.28. The van der Waals surface area contributed by atoms with Crippen molar-refractivity contribution >= 4 is 23.3 Å². The molecule has 3 heterocycles. The van der Waals surface area contributed by atoms with Gasteiger partial charge in [0, 0.05) is 37.6 Å². The van der Waals surface area contributed by atoms with Crippen LogP contribution >= 0.6 is 11.6 Å². The number of aromatic nitrogens is 3. The zero-order valence-electron chi connectivity index (χ0n) is 17.0. The van der Waals surface area contributed by atoms with Crippen molar-refractivity contribution in [2.24, 2.45) is 5.92 Å². The zero-order chi connectivity index (χ0) is 21.8. The van der Waals surface area contributed by atoms with Crippen molar-refractivity contribution in [1.82, 2.24) is 20.4 Å². The van der Waals surface area contributed by atoms with Gasteiger partial charge in [-0.25, -0.2) is 9.97 Å². The molecule has 1 aliphatic heterocycles. The molecule has 0 saturated carbocycles. The zero-order valence-corrected chi connectivity index (χ0v) is 17.8. The van der Waals surface area contributed by atoms with Crippen LogP contribution < -0.4 is 10.2 Å². The lowest BCUT2D eigenvalue weighted by molar-refractivity contribution is 0.0944. The predicted octanol–water partition coefficient (Wildman–Crippen LogP) is 3.61. The first-order valence-corrected chi connectivity index (χ1v) is 10.4. The highest BCUT2D eigenvalue weighted by molar-refractivity contribution is 6.33. The van der Waals surface area contributed by atoms with Gasteiger partial charge >= 0.3 is 0 Å². The molecule has 158 valence electrons. The fraction of sp³-hybridized carbons (Fsp3) is 0.318. The van der Waals surface area contributed by atoms with Gasteiger partial charge in [-0.15, -0.1) is 0 Å². The fourth-order valence-corrected chi connectivity index (χ4v) is 4.02. The van der Waals surface area contributed by atoms with Crippen LogP contribution in [0.1, 0.15) is 34.7 Å². The lowest BCUT2D eigenvalue weighted by atomic mass is 9.96. The quantitative estimate of drug-likeness (QED) is 0.650. The number of hydrogen-bond donors (Lipinski definition) is 1. The van der Waals surface area contributed by atoms with E-state index in [2.05, 4.69) is 31.4 Å². The number of rotatable bonds is 5. The molecule has 0 radical (unpaired) electrons. The Balaban J connectivity index is 1.38. The van der Waals surface area contributed by atoms with Crippen molar-refractivity contribution < 1.29 is 9.32 Å². The van der Waals surface area contributed by atoms with E-state index in [1.807, 2.05) is 18.2 Å². The van der Waals surface area contributed by atoms with Crippen LogP contribution in [0.2, 0.25) is 5.02 Å².